The molecule has 2 N–H and O–H groups in total. The average Bonchev–Trinajstić information content (AvgIpc) is 3.10. The molecule has 0 heterocycles. The lowest BCUT2D eigenvalue weighted by Crippen LogP contribution is -2.13. The molecule has 1 fully saturated rings. The van der Waals surface area contributed by atoms with E-state index in [-0.39, 0.29) is 11.8 Å². The summed E-state index contributed by atoms with van der Waals surface area (Å²) in [5.74, 6) is 0.838. The zero-order valence-electron chi connectivity index (χ0n) is 10.1. The van der Waals surface area contributed by atoms with Crippen molar-refractivity contribution in [3.05, 3.63) is 29.3 Å². The van der Waals surface area contributed by atoms with E-state index >= 15 is 0 Å². The van der Waals surface area contributed by atoms with Gasteiger partial charge in [0, 0.05) is 11.6 Å². The topological polar surface area (TPSA) is 35.2 Å². The Morgan fingerprint density at radius 1 is 1.39 bits per heavy atom. The Morgan fingerprint density at radius 3 is 2.56 bits per heavy atom. The van der Waals surface area contributed by atoms with E-state index in [1.165, 1.54) is 13.2 Å². The molecule has 2 nitrogen and oxygen atoms in total. The van der Waals surface area contributed by atoms with Crippen molar-refractivity contribution < 1.29 is 17.9 Å². The zero-order chi connectivity index (χ0) is 13.3. The van der Waals surface area contributed by atoms with Crippen LogP contribution in [-0.4, -0.2) is 7.11 Å². The van der Waals surface area contributed by atoms with Gasteiger partial charge in [-0.25, -0.2) is 0 Å². The van der Waals surface area contributed by atoms with E-state index in [9.17, 15) is 13.2 Å². The van der Waals surface area contributed by atoms with Gasteiger partial charge in [0.05, 0.1) is 12.7 Å². The first-order valence-electron chi connectivity index (χ1n) is 5.92. The molecule has 0 aromatic heterocycles. The molecule has 18 heavy (non-hydrogen) atoms. The maximum Gasteiger partial charge on any atom is 0.416 e. The molecular weight excluding hydrogens is 243 g/mol. The second kappa shape index (κ2) is 4.80. The molecule has 0 amide bonds. The fraction of sp³-hybridized carbons (Fsp3) is 0.538. The summed E-state index contributed by atoms with van der Waals surface area (Å²) in [4.78, 5) is 0. The SMILES string of the molecule is COc1cc(C(F)(F)F)ccc1[C@H](N)CC1CC1. The maximum atomic E-state index is 12.6. The van der Waals surface area contributed by atoms with E-state index in [2.05, 4.69) is 0 Å². The molecule has 1 aromatic rings. The molecule has 0 spiro atoms. The van der Waals surface area contributed by atoms with Crippen LogP contribution >= 0.6 is 0 Å². The van der Waals surface area contributed by atoms with Crippen molar-refractivity contribution in [3.8, 4) is 5.75 Å². The molecule has 1 saturated carbocycles. The molecule has 1 aliphatic carbocycles. The molecule has 0 radical (unpaired) electrons. The number of nitrogens with two attached hydrogens (primary N) is 1. The monoisotopic (exact) mass is 259 g/mol. The minimum absolute atomic E-state index is 0.220. The van der Waals surface area contributed by atoms with Crippen molar-refractivity contribution in [2.24, 2.45) is 11.7 Å². The van der Waals surface area contributed by atoms with Crippen molar-refractivity contribution in [2.75, 3.05) is 7.11 Å². The minimum atomic E-state index is -4.35. The van der Waals surface area contributed by atoms with Crippen molar-refractivity contribution in [1.29, 1.82) is 0 Å². The number of rotatable bonds is 4. The summed E-state index contributed by atoms with van der Waals surface area (Å²) in [6.07, 6.45) is -1.22. The van der Waals surface area contributed by atoms with Crippen molar-refractivity contribution >= 4 is 0 Å². The molecule has 1 aromatic carbocycles. The molecule has 0 saturated heterocycles. The van der Waals surface area contributed by atoms with E-state index in [1.807, 2.05) is 0 Å². The lowest BCUT2D eigenvalue weighted by molar-refractivity contribution is -0.137. The first kappa shape index (κ1) is 13.2. The predicted molar refractivity (Wildman–Crippen MR) is 62.3 cm³/mol. The van der Waals surface area contributed by atoms with Gasteiger partial charge in [0.2, 0.25) is 0 Å². The normalized spacial score (nSPS) is 17.6. The first-order chi connectivity index (χ1) is 8.41. The van der Waals surface area contributed by atoms with Crippen molar-refractivity contribution in [2.45, 2.75) is 31.5 Å². The van der Waals surface area contributed by atoms with Crippen molar-refractivity contribution in [3.63, 3.8) is 0 Å². The van der Waals surface area contributed by atoms with Crippen molar-refractivity contribution in [1.82, 2.24) is 0 Å². The van der Waals surface area contributed by atoms with Gasteiger partial charge in [0.1, 0.15) is 5.75 Å². The van der Waals surface area contributed by atoms with Crippen LogP contribution in [0, 0.1) is 5.92 Å². The van der Waals surface area contributed by atoms with Gasteiger partial charge in [0.15, 0.2) is 0 Å². The number of benzene rings is 1. The highest BCUT2D eigenvalue weighted by molar-refractivity contribution is 5.40. The summed E-state index contributed by atoms with van der Waals surface area (Å²) in [5.41, 5.74) is 5.95. The first-order valence-corrected chi connectivity index (χ1v) is 5.92. The summed E-state index contributed by atoms with van der Waals surface area (Å²) < 4.78 is 42.7. The van der Waals surface area contributed by atoms with Crippen LogP contribution in [-0.2, 0) is 6.18 Å². The highest BCUT2D eigenvalue weighted by atomic mass is 19.4. The predicted octanol–water partition coefficient (Wildman–Crippen LogP) is 3.51. The smallest absolute Gasteiger partial charge is 0.416 e. The molecule has 0 bridgehead atoms. The van der Waals surface area contributed by atoms with Crippen LogP contribution in [0.4, 0.5) is 13.2 Å². The van der Waals surface area contributed by atoms with Gasteiger partial charge in [-0.3, -0.25) is 0 Å². The van der Waals surface area contributed by atoms with Gasteiger partial charge < -0.3 is 10.5 Å². The minimum Gasteiger partial charge on any atom is -0.496 e. The molecule has 0 unspecified atom stereocenters. The van der Waals surface area contributed by atoms with E-state index in [0.717, 1.165) is 31.4 Å². The number of ether oxygens (including phenoxy) is 1. The number of alkyl halides is 3. The van der Waals surface area contributed by atoms with Crippen LogP contribution in [0.3, 0.4) is 0 Å². The third-order valence-corrected chi connectivity index (χ3v) is 3.24. The Labute approximate surface area is 104 Å². The van der Waals surface area contributed by atoms with E-state index < -0.39 is 11.7 Å². The maximum absolute atomic E-state index is 12.6. The number of hydrogen-bond acceptors (Lipinski definition) is 2. The second-order valence-corrected chi connectivity index (χ2v) is 4.74. The summed E-state index contributed by atoms with van der Waals surface area (Å²) in [5, 5.41) is 0. The standard InChI is InChI=1S/C13H16F3NO/c1-18-12-7-9(13(14,15)16)4-5-10(12)11(17)6-8-2-3-8/h4-5,7-8,11H,2-3,6,17H2,1H3/t11-/m1/s1. The van der Waals surface area contributed by atoms with Crippen LogP contribution in [0.5, 0.6) is 5.75 Å². The third kappa shape index (κ3) is 2.96. The summed E-state index contributed by atoms with van der Waals surface area (Å²) in [7, 11) is 1.36. The number of methoxy groups -OCH3 is 1. The molecule has 2 rings (SSSR count). The Bertz CT molecular complexity index is 427. The highest BCUT2D eigenvalue weighted by Gasteiger charge is 2.32. The molecule has 0 aliphatic heterocycles. The van der Waals surface area contributed by atoms with Crippen LogP contribution < -0.4 is 10.5 Å². The number of hydrogen-bond donors (Lipinski definition) is 1. The molecule has 1 aliphatic rings. The third-order valence-electron chi connectivity index (χ3n) is 3.24. The quantitative estimate of drug-likeness (QED) is 0.898. The Balaban J connectivity index is 2.24. The molecular formula is C13H16F3NO. The Kier molecular flexibility index (Phi) is 3.52. The van der Waals surface area contributed by atoms with Crippen LogP contribution in [0.1, 0.15) is 36.4 Å². The number of halogens is 3. The molecule has 100 valence electrons. The second-order valence-electron chi connectivity index (χ2n) is 4.74. The highest BCUT2D eigenvalue weighted by Crippen LogP contribution is 2.40. The largest absolute Gasteiger partial charge is 0.496 e. The molecule has 1 atom stereocenters. The van der Waals surface area contributed by atoms with E-state index in [1.54, 1.807) is 0 Å². The van der Waals surface area contributed by atoms with E-state index in [0.29, 0.717) is 11.5 Å². The fourth-order valence-corrected chi connectivity index (χ4v) is 2.03. The van der Waals surface area contributed by atoms with Gasteiger partial charge in [-0.05, 0) is 24.5 Å². The Hall–Kier alpha value is -1.23. The van der Waals surface area contributed by atoms with E-state index in [4.69, 9.17) is 10.5 Å². The van der Waals surface area contributed by atoms with Gasteiger partial charge >= 0.3 is 6.18 Å². The zero-order valence-corrected chi connectivity index (χ0v) is 10.1. The van der Waals surface area contributed by atoms with Crippen LogP contribution in [0.15, 0.2) is 18.2 Å². The van der Waals surface area contributed by atoms with Gasteiger partial charge in [-0.2, -0.15) is 13.2 Å². The van der Waals surface area contributed by atoms with Crippen LogP contribution in [0.25, 0.3) is 0 Å². The molecule has 5 heteroatoms. The summed E-state index contributed by atoms with van der Waals surface area (Å²) in [6, 6.07) is 3.25. The fourth-order valence-electron chi connectivity index (χ4n) is 2.03. The van der Waals surface area contributed by atoms with Gasteiger partial charge in [0.25, 0.3) is 0 Å². The lowest BCUT2D eigenvalue weighted by atomic mass is 9.99. The summed E-state index contributed by atoms with van der Waals surface area (Å²) in [6.45, 7) is 0. The lowest BCUT2D eigenvalue weighted by Gasteiger charge is -2.17. The van der Waals surface area contributed by atoms with Gasteiger partial charge in [-0.15, -0.1) is 0 Å². The summed E-state index contributed by atoms with van der Waals surface area (Å²) >= 11 is 0. The Morgan fingerprint density at radius 2 is 2.06 bits per heavy atom. The van der Waals surface area contributed by atoms with Gasteiger partial charge in [-0.1, -0.05) is 18.9 Å². The average molecular weight is 259 g/mol. The van der Waals surface area contributed by atoms with Crippen LogP contribution in [0.2, 0.25) is 0 Å².